The summed E-state index contributed by atoms with van der Waals surface area (Å²) >= 11 is 0. The second-order valence-electron chi connectivity index (χ2n) is 5.45. The van der Waals surface area contributed by atoms with Crippen LogP contribution in [0.15, 0.2) is 48.5 Å². The summed E-state index contributed by atoms with van der Waals surface area (Å²) in [5.74, 6) is -0.591. The molecule has 0 saturated heterocycles. The number of methoxy groups -OCH3 is 1. The predicted molar refractivity (Wildman–Crippen MR) is 79.3 cm³/mol. The molecule has 108 valence electrons. The molecule has 1 saturated carbocycles. The minimum absolute atomic E-state index is 0.114. The fourth-order valence-corrected chi connectivity index (χ4v) is 3.04. The zero-order valence-electron chi connectivity index (χ0n) is 11.9. The Hall–Kier alpha value is -2.16. The Morgan fingerprint density at radius 2 is 1.81 bits per heavy atom. The fraction of sp³-hybridized carbons (Fsp3) is 0.278. The van der Waals surface area contributed by atoms with Crippen LogP contribution in [-0.4, -0.2) is 12.9 Å². The van der Waals surface area contributed by atoms with E-state index in [0.29, 0.717) is 0 Å². The van der Waals surface area contributed by atoms with Gasteiger partial charge in [-0.1, -0.05) is 42.8 Å². The van der Waals surface area contributed by atoms with Crippen molar-refractivity contribution >= 4 is 5.78 Å². The molecule has 3 rings (SSSR count). The van der Waals surface area contributed by atoms with Crippen LogP contribution < -0.4 is 4.74 Å². The topological polar surface area (TPSA) is 26.3 Å². The highest BCUT2D eigenvalue weighted by Crippen LogP contribution is 2.46. The Morgan fingerprint density at radius 3 is 2.38 bits per heavy atom. The molecule has 0 aromatic heterocycles. The van der Waals surface area contributed by atoms with Crippen molar-refractivity contribution in [2.24, 2.45) is 0 Å². The molecule has 0 amide bonds. The summed E-state index contributed by atoms with van der Waals surface area (Å²) in [6.45, 7) is 0. The predicted octanol–water partition coefficient (Wildman–Crippen LogP) is 4.14. The van der Waals surface area contributed by atoms with Gasteiger partial charge >= 0.3 is 0 Å². The molecule has 0 heterocycles. The Labute approximate surface area is 123 Å². The van der Waals surface area contributed by atoms with Crippen LogP contribution in [0.1, 0.15) is 35.2 Å². The van der Waals surface area contributed by atoms with Gasteiger partial charge in [0.25, 0.3) is 0 Å². The third-order valence-corrected chi connectivity index (χ3v) is 4.40. The molecule has 0 bridgehead atoms. The first-order valence-electron chi connectivity index (χ1n) is 7.12. The normalized spacial score (nSPS) is 16.1. The molecule has 1 aliphatic rings. The number of carbonyl (C=O) groups excluding carboxylic acids is 1. The van der Waals surface area contributed by atoms with Crippen molar-refractivity contribution in [2.75, 3.05) is 7.11 Å². The number of benzene rings is 2. The van der Waals surface area contributed by atoms with E-state index in [9.17, 15) is 9.18 Å². The number of carbonyl (C=O) groups is 1. The first kappa shape index (κ1) is 13.8. The van der Waals surface area contributed by atoms with E-state index < -0.39 is 11.2 Å². The molecule has 0 atom stereocenters. The second-order valence-corrected chi connectivity index (χ2v) is 5.45. The number of hydrogen-bond acceptors (Lipinski definition) is 2. The van der Waals surface area contributed by atoms with E-state index in [1.54, 1.807) is 12.1 Å². The highest BCUT2D eigenvalue weighted by atomic mass is 19.1. The molecule has 0 radical (unpaired) electrons. The number of rotatable bonds is 4. The molecule has 0 unspecified atom stereocenters. The Kier molecular flexibility index (Phi) is 3.50. The van der Waals surface area contributed by atoms with Crippen LogP contribution in [0.25, 0.3) is 0 Å². The summed E-state index contributed by atoms with van der Waals surface area (Å²) < 4.78 is 19.4. The van der Waals surface area contributed by atoms with Crippen LogP contribution in [0.4, 0.5) is 4.39 Å². The lowest BCUT2D eigenvalue weighted by molar-refractivity contribution is 0.0783. The molecule has 0 aliphatic heterocycles. The van der Waals surface area contributed by atoms with Crippen molar-refractivity contribution in [3.63, 3.8) is 0 Å². The average molecular weight is 284 g/mol. The molecule has 1 fully saturated rings. The van der Waals surface area contributed by atoms with Gasteiger partial charge in [-0.3, -0.25) is 4.79 Å². The van der Waals surface area contributed by atoms with Gasteiger partial charge in [0.15, 0.2) is 17.3 Å². The van der Waals surface area contributed by atoms with Crippen molar-refractivity contribution in [1.29, 1.82) is 0 Å². The number of ketones is 1. The molecule has 21 heavy (non-hydrogen) atoms. The number of halogens is 1. The van der Waals surface area contributed by atoms with E-state index >= 15 is 0 Å². The maximum atomic E-state index is 14.4. The van der Waals surface area contributed by atoms with Crippen molar-refractivity contribution < 1.29 is 13.9 Å². The van der Waals surface area contributed by atoms with Gasteiger partial charge in [0, 0.05) is 0 Å². The SMILES string of the molecule is COc1cccc(C(=O)C2(c3ccccc3)CCC2)c1F. The van der Waals surface area contributed by atoms with E-state index in [4.69, 9.17) is 4.74 Å². The average Bonchev–Trinajstić information content (AvgIpc) is 2.47. The van der Waals surface area contributed by atoms with E-state index in [0.717, 1.165) is 24.8 Å². The second kappa shape index (κ2) is 5.32. The third-order valence-electron chi connectivity index (χ3n) is 4.40. The summed E-state index contributed by atoms with van der Waals surface area (Å²) in [5, 5.41) is 0. The molecule has 3 heteroatoms. The monoisotopic (exact) mass is 284 g/mol. The third kappa shape index (κ3) is 2.13. The minimum Gasteiger partial charge on any atom is -0.494 e. The summed E-state index contributed by atoms with van der Waals surface area (Å²) in [7, 11) is 1.41. The molecular formula is C18H17FO2. The summed E-state index contributed by atoms with van der Waals surface area (Å²) in [6, 6.07) is 14.4. The van der Waals surface area contributed by atoms with Gasteiger partial charge in [-0.25, -0.2) is 4.39 Å². The van der Waals surface area contributed by atoms with Crippen LogP contribution >= 0.6 is 0 Å². The quantitative estimate of drug-likeness (QED) is 0.789. The van der Waals surface area contributed by atoms with E-state index in [-0.39, 0.29) is 17.1 Å². The van der Waals surface area contributed by atoms with E-state index in [2.05, 4.69) is 0 Å². The smallest absolute Gasteiger partial charge is 0.176 e. The Morgan fingerprint density at radius 1 is 1.10 bits per heavy atom. The van der Waals surface area contributed by atoms with Crippen LogP contribution in [-0.2, 0) is 5.41 Å². The Bertz CT molecular complexity index is 660. The molecule has 1 aliphatic carbocycles. The van der Waals surface area contributed by atoms with Gasteiger partial charge in [0.1, 0.15) is 0 Å². The molecule has 2 aromatic carbocycles. The van der Waals surface area contributed by atoms with Crippen LogP contribution in [0.3, 0.4) is 0 Å². The van der Waals surface area contributed by atoms with Crippen molar-refractivity contribution in [2.45, 2.75) is 24.7 Å². The summed E-state index contributed by atoms with van der Waals surface area (Å²) in [6.07, 6.45) is 2.53. The van der Waals surface area contributed by atoms with Gasteiger partial charge in [0.05, 0.1) is 18.1 Å². The zero-order valence-corrected chi connectivity index (χ0v) is 11.9. The van der Waals surface area contributed by atoms with Crippen LogP contribution in [0.2, 0.25) is 0 Å². The largest absolute Gasteiger partial charge is 0.494 e. The number of hydrogen-bond donors (Lipinski definition) is 0. The molecule has 2 nitrogen and oxygen atoms in total. The summed E-state index contributed by atoms with van der Waals surface area (Å²) in [5.41, 5.74) is 0.524. The molecular weight excluding hydrogens is 267 g/mol. The maximum Gasteiger partial charge on any atom is 0.176 e. The van der Waals surface area contributed by atoms with Gasteiger partial charge in [-0.15, -0.1) is 0 Å². The van der Waals surface area contributed by atoms with Gasteiger partial charge in [0.2, 0.25) is 0 Å². The van der Waals surface area contributed by atoms with E-state index in [1.165, 1.54) is 13.2 Å². The molecule has 0 N–H and O–H groups in total. The van der Waals surface area contributed by atoms with Gasteiger partial charge in [-0.2, -0.15) is 0 Å². The van der Waals surface area contributed by atoms with E-state index in [1.807, 2.05) is 30.3 Å². The van der Waals surface area contributed by atoms with Crippen LogP contribution in [0, 0.1) is 5.82 Å². The lowest BCUT2D eigenvalue weighted by atomic mass is 9.60. The number of Topliss-reactive ketones (excluding diaryl/α,β-unsaturated/α-hetero) is 1. The fourth-order valence-electron chi connectivity index (χ4n) is 3.04. The standard InChI is InChI=1S/C18H17FO2/c1-21-15-10-5-9-14(16(15)19)17(20)18(11-6-12-18)13-7-3-2-4-8-13/h2-5,7-10H,6,11-12H2,1H3. The Balaban J connectivity index is 2.05. The lowest BCUT2D eigenvalue weighted by Crippen LogP contribution is -2.42. The lowest BCUT2D eigenvalue weighted by Gasteiger charge is -2.41. The van der Waals surface area contributed by atoms with Crippen molar-refractivity contribution in [3.05, 3.63) is 65.5 Å². The highest BCUT2D eigenvalue weighted by molar-refractivity contribution is 6.05. The zero-order chi connectivity index (χ0) is 14.9. The highest BCUT2D eigenvalue weighted by Gasteiger charge is 2.46. The molecule has 0 spiro atoms. The van der Waals surface area contributed by atoms with Crippen molar-refractivity contribution in [3.8, 4) is 5.75 Å². The maximum absolute atomic E-state index is 14.4. The summed E-state index contributed by atoms with van der Waals surface area (Å²) in [4.78, 5) is 12.9. The van der Waals surface area contributed by atoms with Crippen molar-refractivity contribution in [1.82, 2.24) is 0 Å². The molecule has 2 aromatic rings. The minimum atomic E-state index is -0.575. The van der Waals surface area contributed by atoms with Gasteiger partial charge < -0.3 is 4.74 Å². The van der Waals surface area contributed by atoms with Crippen LogP contribution in [0.5, 0.6) is 5.75 Å². The first-order chi connectivity index (χ1) is 10.2. The van der Waals surface area contributed by atoms with Gasteiger partial charge in [-0.05, 0) is 30.5 Å². The number of ether oxygens (including phenoxy) is 1. The first-order valence-corrected chi connectivity index (χ1v) is 7.12.